The molecule has 2 aromatic carbocycles. The Morgan fingerprint density at radius 3 is 2.90 bits per heavy atom. The monoisotopic (exact) mass is 391 g/mol. The quantitative estimate of drug-likeness (QED) is 0.725. The van der Waals surface area contributed by atoms with E-state index in [-0.39, 0.29) is 30.1 Å². The van der Waals surface area contributed by atoms with Gasteiger partial charge in [-0.2, -0.15) is 0 Å². The SMILES string of the molecule is O=C(NCc1ccc2ncccc2c1)[C@H]1CCC(=O)N(Cc2ccccc2F)C1. The number of nitrogens with zero attached hydrogens (tertiary/aromatic N) is 2. The van der Waals surface area contributed by atoms with E-state index in [1.165, 1.54) is 6.07 Å². The van der Waals surface area contributed by atoms with Gasteiger partial charge in [0.2, 0.25) is 11.8 Å². The number of nitrogens with one attached hydrogen (secondary N) is 1. The van der Waals surface area contributed by atoms with Crippen LogP contribution in [-0.4, -0.2) is 28.2 Å². The van der Waals surface area contributed by atoms with Crippen LogP contribution in [0.1, 0.15) is 24.0 Å². The molecule has 1 aliphatic rings. The molecule has 0 saturated carbocycles. The lowest BCUT2D eigenvalue weighted by Gasteiger charge is -2.32. The first-order valence-corrected chi connectivity index (χ1v) is 9.73. The summed E-state index contributed by atoms with van der Waals surface area (Å²) in [5.74, 6) is -0.749. The lowest BCUT2D eigenvalue weighted by molar-refractivity contribution is -0.139. The third-order valence-corrected chi connectivity index (χ3v) is 5.32. The van der Waals surface area contributed by atoms with Crippen LogP contribution < -0.4 is 5.32 Å². The lowest BCUT2D eigenvalue weighted by Crippen LogP contribution is -2.45. The van der Waals surface area contributed by atoms with E-state index >= 15 is 0 Å². The highest BCUT2D eigenvalue weighted by molar-refractivity contribution is 5.84. The highest BCUT2D eigenvalue weighted by atomic mass is 19.1. The van der Waals surface area contributed by atoms with Crippen LogP contribution in [-0.2, 0) is 22.7 Å². The van der Waals surface area contributed by atoms with Crippen molar-refractivity contribution in [2.45, 2.75) is 25.9 Å². The molecule has 0 aliphatic carbocycles. The average Bonchev–Trinajstić information content (AvgIpc) is 2.75. The number of fused-ring (bicyclic) bond motifs is 1. The van der Waals surface area contributed by atoms with E-state index < -0.39 is 0 Å². The summed E-state index contributed by atoms with van der Waals surface area (Å²) in [6, 6.07) is 16.2. The molecule has 2 amide bonds. The Morgan fingerprint density at radius 1 is 1.17 bits per heavy atom. The molecule has 6 heteroatoms. The fraction of sp³-hybridized carbons (Fsp3) is 0.261. The van der Waals surface area contributed by atoms with E-state index in [4.69, 9.17) is 0 Å². The minimum atomic E-state index is -0.335. The zero-order chi connectivity index (χ0) is 20.2. The van der Waals surface area contributed by atoms with E-state index in [0.717, 1.165) is 16.5 Å². The largest absolute Gasteiger partial charge is 0.352 e. The second-order valence-corrected chi connectivity index (χ2v) is 7.35. The Morgan fingerprint density at radius 2 is 2.03 bits per heavy atom. The molecule has 1 fully saturated rings. The third-order valence-electron chi connectivity index (χ3n) is 5.32. The highest BCUT2D eigenvalue weighted by Crippen LogP contribution is 2.21. The van der Waals surface area contributed by atoms with Gasteiger partial charge in [0.25, 0.3) is 0 Å². The van der Waals surface area contributed by atoms with Crippen molar-refractivity contribution in [3.63, 3.8) is 0 Å². The molecule has 3 aromatic rings. The summed E-state index contributed by atoms with van der Waals surface area (Å²) in [5.41, 5.74) is 2.37. The minimum absolute atomic E-state index is 0.0423. The Bertz CT molecular complexity index is 1050. The topological polar surface area (TPSA) is 62.3 Å². The number of rotatable bonds is 5. The minimum Gasteiger partial charge on any atom is -0.352 e. The Hall–Kier alpha value is -3.28. The fourth-order valence-electron chi connectivity index (χ4n) is 3.68. The summed E-state index contributed by atoms with van der Waals surface area (Å²) in [5, 5.41) is 4.00. The second-order valence-electron chi connectivity index (χ2n) is 7.35. The van der Waals surface area contributed by atoms with Crippen molar-refractivity contribution >= 4 is 22.7 Å². The van der Waals surface area contributed by atoms with Crippen LogP contribution in [0.25, 0.3) is 10.9 Å². The van der Waals surface area contributed by atoms with Gasteiger partial charge in [0.1, 0.15) is 5.82 Å². The van der Waals surface area contributed by atoms with E-state index in [2.05, 4.69) is 10.3 Å². The molecule has 1 aromatic heterocycles. The van der Waals surface area contributed by atoms with Crippen molar-refractivity contribution in [3.8, 4) is 0 Å². The number of hydrogen-bond donors (Lipinski definition) is 1. The van der Waals surface area contributed by atoms with Gasteiger partial charge < -0.3 is 10.2 Å². The van der Waals surface area contributed by atoms with Gasteiger partial charge in [-0.25, -0.2) is 4.39 Å². The van der Waals surface area contributed by atoms with Crippen molar-refractivity contribution in [2.75, 3.05) is 6.54 Å². The number of aromatic nitrogens is 1. The molecule has 0 spiro atoms. The average molecular weight is 391 g/mol. The standard InChI is InChI=1S/C23H22FN3O2/c24-20-6-2-1-4-18(20)14-27-15-19(8-10-22(27)28)23(29)26-13-16-7-9-21-17(12-16)5-3-11-25-21/h1-7,9,11-12,19H,8,10,13-15H2,(H,26,29)/t19-/m0/s1. The van der Waals surface area contributed by atoms with Gasteiger partial charge in [-0.3, -0.25) is 14.6 Å². The smallest absolute Gasteiger partial charge is 0.225 e. The fourth-order valence-corrected chi connectivity index (χ4v) is 3.68. The number of carbonyl (C=O) groups excluding carboxylic acids is 2. The molecule has 1 saturated heterocycles. The van der Waals surface area contributed by atoms with E-state index in [0.29, 0.717) is 31.5 Å². The van der Waals surface area contributed by atoms with E-state index in [1.54, 1.807) is 29.3 Å². The predicted molar refractivity (Wildman–Crippen MR) is 108 cm³/mol. The van der Waals surface area contributed by atoms with Crippen molar-refractivity contribution in [2.24, 2.45) is 5.92 Å². The molecule has 4 rings (SSSR count). The number of hydrogen-bond acceptors (Lipinski definition) is 3. The Labute approximate surface area is 168 Å². The van der Waals surface area contributed by atoms with Crippen LogP contribution in [0.15, 0.2) is 60.8 Å². The van der Waals surface area contributed by atoms with Gasteiger partial charge in [-0.1, -0.05) is 30.3 Å². The number of benzene rings is 2. The Balaban J connectivity index is 1.37. The van der Waals surface area contributed by atoms with Crippen LogP contribution >= 0.6 is 0 Å². The first kappa shape index (κ1) is 19.1. The molecule has 1 N–H and O–H groups in total. The van der Waals surface area contributed by atoms with Gasteiger partial charge in [-0.15, -0.1) is 0 Å². The van der Waals surface area contributed by atoms with Gasteiger partial charge in [-0.05, 0) is 36.2 Å². The van der Waals surface area contributed by atoms with Crippen LogP contribution in [0.2, 0.25) is 0 Å². The number of pyridine rings is 1. The molecule has 0 radical (unpaired) electrons. The molecular formula is C23H22FN3O2. The highest BCUT2D eigenvalue weighted by Gasteiger charge is 2.30. The summed E-state index contributed by atoms with van der Waals surface area (Å²) in [4.78, 5) is 30.8. The van der Waals surface area contributed by atoms with E-state index in [1.807, 2.05) is 30.3 Å². The van der Waals surface area contributed by atoms with Gasteiger partial charge in [0.15, 0.2) is 0 Å². The summed E-state index contributed by atoms with van der Waals surface area (Å²) >= 11 is 0. The first-order chi connectivity index (χ1) is 14.1. The summed E-state index contributed by atoms with van der Waals surface area (Å²) in [6.45, 7) is 0.912. The van der Waals surface area contributed by atoms with Crippen LogP contribution in [0.4, 0.5) is 4.39 Å². The molecule has 5 nitrogen and oxygen atoms in total. The maximum atomic E-state index is 13.9. The van der Waals surface area contributed by atoms with Crippen molar-refractivity contribution in [1.29, 1.82) is 0 Å². The molecule has 29 heavy (non-hydrogen) atoms. The summed E-state index contributed by atoms with van der Waals surface area (Å²) in [7, 11) is 0. The van der Waals surface area contributed by atoms with Crippen LogP contribution in [0.5, 0.6) is 0 Å². The first-order valence-electron chi connectivity index (χ1n) is 9.73. The van der Waals surface area contributed by atoms with Crippen molar-refractivity contribution in [3.05, 3.63) is 77.7 Å². The van der Waals surface area contributed by atoms with Crippen molar-refractivity contribution < 1.29 is 14.0 Å². The zero-order valence-corrected chi connectivity index (χ0v) is 16.0. The van der Waals surface area contributed by atoms with E-state index in [9.17, 15) is 14.0 Å². The van der Waals surface area contributed by atoms with Gasteiger partial charge in [0, 0.05) is 43.2 Å². The molecule has 2 heterocycles. The maximum Gasteiger partial charge on any atom is 0.225 e. The van der Waals surface area contributed by atoms with Gasteiger partial charge in [0.05, 0.1) is 11.4 Å². The van der Waals surface area contributed by atoms with Gasteiger partial charge >= 0.3 is 0 Å². The molecule has 148 valence electrons. The number of piperidine rings is 1. The molecule has 0 unspecified atom stereocenters. The normalized spacial score (nSPS) is 16.8. The number of amides is 2. The number of halogens is 1. The van der Waals surface area contributed by atoms with Crippen LogP contribution in [0.3, 0.4) is 0 Å². The second kappa shape index (κ2) is 8.39. The maximum absolute atomic E-state index is 13.9. The molecule has 1 aliphatic heterocycles. The third kappa shape index (κ3) is 4.42. The molecular weight excluding hydrogens is 369 g/mol. The van der Waals surface area contributed by atoms with Crippen molar-refractivity contribution in [1.82, 2.24) is 15.2 Å². The number of likely N-dealkylation sites (tertiary alicyclic amines) is 1. The van der Waals surface area contributed by atoms with Crippen LogP contribution in [0, 0.1) is 11.7 Å². The summed E-state index contributed by atoms with van der Waals surface area (Å²) in [6.07, 6.45) is 2.56. The molecule has 1 atom stereocenters. The Kier molecular flexibility index (Phi) is 5.51. The molecule has 0 bridgehead atoms. The predicted octanol–water partition coefficient (Wildman–Crippen LogP) is 3.43. The lowest BCUT2D eigenvalue weighted by atomic mass is 9.96. The zero-order valence-electron chi connectivity index (χ0n) is 16.0. The number of carbonyl (C=O) groups is 2. The summed E-state index contributed by atoms with van der Waals surface area (Å²) < 4.78 is 13.9.